The fourth-order valence-electron chi connectivity index (χ4n) is 2.57. The molecule has 0 saturated carbocycles. The number of amides is 1. The number of carbonyl (C=O) groups is 1. The number of pyridine rings is 1. The number of aliphatic hydroxyl groups excluding tert-OH is 1. The van der Waals surface area contributed by atoms with Gasteiger partial charge in [0.15, 0.2) is 5.16 Å². The Bertz CT molecular complexity index is 1060. The maximum Gasteiger partial charge on any atom is 0.274 e. The van der Waals surface area contributed by atoms with E-state index in [2.05, 4.69) is 25.1 Å². The predicted molar refractivity (Wildman–Crippen MR) is 108 cm³/mol. The van der Waals surface area contributed by atoms with Gasteiger partial charge in [0.25, 0.3) is 5.82 Å². The number of thioether (sulfide) groups is 1. The van der Waals surface area contributed by atoms with E-state index >= 15 is 0 Å². The molecular formula is C19H19N5O3S. The van der Waals surface area contributed by atoms with E-state index in [0.29, 0.717) is 27.9 Å². The summed E-state index contributed by atoms with van der Waals surface area (Å²) < 4.78 is 5.45. The average Bonchev–Trinajstić information content (AvgIpc) is 3.11. The highest BCUT2D eigenvalue weighted by atomic mass is 32.2. The van der Waals surface area contributed by atoms with Crippen LogP contribution in [0.15, 0.2) is 29.6 Å². The molecule has 0 bridgehead atoms. The van der Waals surface area contributed by atoms with Crippen LogP contribution < -0.4 is 10.1 Å². The van der Waals surface area contributed by atoms with Crippen molar-refractivity contribution >= 4 is 40.2 Å². The Labute approximate surface area is 166 Å². The molecule has 144 valence electrons. The molecule has 0 fully saturated rings. The zero-order valence-electron chi connectivity index (χ0n) is 15.4. The van der Waals surface area contributed by atoms with Gasteiger partial charge in [0.05, 0.1) is 17.9 Å². The lowest BCUT2D eigenvalue weighted by Gasteiger charge is -2.11. The lowest BCUT2D eigenvalue weighted by molar-refractivity contribution is -0.113. The van der Waals surface area contributed by atoms with Gasteiger partial charge in [-0.2, -0.15) is 0 Å². The molecule has 0 unspecified atom stereocenters. The van der Waals surface area contributed by atoms with Crippen molar-refractivity contribution in [2.45, 2.75) is 19.0 Å². The van der Waals surface area contributed by atoms with Gasteiger partial charge in [-0.3, -0.25) is 4.79 Å². The van der Waals surface area contributed by atoms with E-state index in [-0.39, 0.29) is 24.9 Å². The van der Waals surface area contributed by atoms with Crippen LogP contribution in [0.25, 0.3) is 15.9 Å². The van der Waals surface area contributed by atoms with Gasteiger partial charge in [-0.25, -0.2) is 4.98 Å². The molecular weight excluding hydrogens is 378 g/mol. The monoisotopic (exact) mass is 397 g/mol. The third kappa shape index (κ3) is 4.42. The summed E-state index contributed by atoms with van der Waals surface area (Å²) in [7, 11) is 0. The maximum absolute atomic E-state index is 12.3. The molecule has 28 heavy (non-hydrogen) atoms. The SMILES string of the molecule is [C-]#[N+]c1ncc2[nH]c(SCC(=O)Nc3ccc(C)c(OCCO)c3)nc2c1C. The molecule has 1 amide bonds. The number of aliphatic hydroxyl groups is 1. The van der Waals surface area contributed by atoms with E-state index in [0.717, 1.165) is 16.6 Å². The van der Waals surface area contributed by atoms with Crippen molar-refractivity contribution in [3.8, 4) is 5.75 Å². The second-order valence-electron chi connectivity index (χ2n) is 6.01. The second-order valence-corrected chi connectivity index (χ2v) is 6.98. The molecule has 0 atom stereocenters. The standard InChI is InChI=1S/C19H19N5O3S/c1-11-4-5-13(8-15(11)27-7-6-25)22-16(26)10-28-19-23-14-9-21-18(20-3)12(2)17(14)24-19/h4-5,8-9,25H,6-7,10H2,1-2H3,(H,22,26)(H,23,24). The topological polar surface area (TPSA) is 104 Å². The van der Waals surface area contributed by atoms with Crippen LogP contribution >= 0.6 is 11.8 Å². The summed E-state index contributed by atoms with van der Waals surface area (Å²) in [5.41, 5.74) is 3.68. The molecule has 0 aliphatic carbocycles. The van der Waals surface area contributed by atoms with Gasteiger partial charge in [-0.1, -0.05) is 24.4 Å². The van der Waals surface area contributed by atoms with Crippen LogP contribution in [0.5, 0.6) is 5.75 Å². The van der Waals surface area contributed by atoms with Gasteiger partial charge in [-0.15, -0.1) is 4.98 Å². The first-order valence-electron chi connectivity index (χ1n) is 8.51. The number of anilines is 1. The van der Waals surface area contributed by atoms with E-state index in [1.807, 2.05) is 13.0 Å². The van der Waals surface area contributed by atoms with Crippen molar-refractivity contribution in [1.82, 2.24) is 15.0 Å². The van der Waals surface area contributed by atoms with Gasteiger partial charge in [0.2, 0.25) is 5.91 Å². The van der Waals surface area contributed by atoms with E-state index in [4.69, 9.17) is 16.4 Å². The molecule has 2 heterocycles. The summed E-state index contributed by atoms with van der Waals surface area (Å²) in [6.07, 6.45) is 1.58. The van der Waals surface area contributed by atoms with Gasteiger partial charge < -0.3 is 25.0 Å². The molecule has 0 spiro atoms. The first-order chi connectivity index (χ1) is 13.5. The fourth-order valence-corrected chi connectivity index (χ4v) is 3.25. The van der Waals surface area contributed by atoms with E-state index in [1.165, 1.54) is 11.8 Å². The van der Waals surface area contributed by atoms with Crippen LogP contribution in [-0.4, -0.2) is 44.9 Å². The number of carbonyl (C=O) groups excluding carboxylic acids is 1. The summed E-state index contributed by atoms with van der Waals surface area (Å²) >= 11 is 1.27. The molecule has 0 saturated heterocycles. The highest BCUT2D eigenvalue weighted by Crippen LogP contribution is 2.27. The number of aromatic nitrogens is 3. The van der Waals surface area contributed by atoms with E-state index in [9.17, 15) is 4.79 Å². The molecule has 0 radical (unpaired) electrons. The second kappa shape index (κ2) is 8.73. The summed E-state index contributed by atoms with van der Waals surface area (Å²) in [4.78, 5) is 27.3. The summed E-state index contributed by atoms with van der Waals surface area (Å²) in [5, 5.41) is 12.3. The maximum atomic E-state index is 12.3. The van der Waals surface area contributed by atoms with Crippen LogP contribution in [0.2, 0.25) is 0 Å². The highest BCUT2D eigenvalue weighted by Gasteiger charge is 2.13. The summed E-state index contributed by atoms with van der Waals surface area (Å²) in [5.74, 6) is 0.934. The number of hydrogen-bond acceptors (Lipinski definition) is 6. The van der Waals surface area contributed by atoms with Crippen molar-refractivity contribution in [2.75, 3.05) is 24.3 Å². The molecule has 3 rings (SSSR count). The minimum Gasteiger partial charge on any atom is -0.491 e. The quantitative estimate of drug-likeness (QED) is 0.418. The first kappa shape index (κ1) is 19.7. The number of ether oxygens (including phenoxy) is 1. The lowest BCUT2D eigenvalue weighted by Crippen LogP contribution is -2.14. The molecule has 8 nitrogen and oxygen atoms in total. The van der Waals surface area contributed by atoms with Gasteiger partial charge in [0, 0.05) is 17.3 Å². The Morgan fingerprint density at radius 3 is 3.00 bits per heavy atom. The van der Waals surface area contributed by atoms with Crippen molar-refractivity contribution in [1.29, 1.82) is 0 Å². The molecule has 2 aromatic heterocycles. The number of aryl methyl sites for hydroxylation is 2. The Morgan fingerprint density at radius 2 is 2.25 bits per heavy atom. The number of nitrogens with zero attached hydrogens (tertiary/aromatic N) is 3. The third-order valence-electron chi connectivity index (χ3n) is 3.98. The Morgan fingerprint density at radius 1 is 1.43 bits per heavy atom. The van der Waals surface area contributed by atoms with E-state index in [1.54, 1.807) is 25.3 Å². The largest absolute Gasteiger partial charge is 0.491 e. The number of fused-ring (bicyclic) bond motifs is 1. The van der Waals surface area contributed by atoms with Crippen LogP contribution in [0, 0.1) is 20.4 Å². The lowest BCUT2D eigenvalue weighted by atomic mass is 10.2. The zero-order valence-corrected chi connectivity index (χ0v) is 16.3. The van der Waals surface area contributed by atoms with Gasteiger partial charge >= 0.3 is 0 Å². The zero-order chi connectivity index (χ0) is 20.1. The first-order valence-corrected chi connectivity index (χ1v) is 9.50. The van der Waals surface area contributed by atoms with Crippen LogP contribution in [0.4, 0.5) is 11.5 Å². The number of aromatic amines is 1. The Kier molecular flexibility index (Phi) is 6.13. The number of benzene rings is 1. The van der Waals surface area contributed by atoms with Crippen LogP contribution in [-0.2, 0) is 4.79 Å². The number of rotatable bonds is 7. The third-order valence-corrected chi connectivity index (χ3v) is 4.86. The minimum atomic E-state index is -0.181. The van der Waals surface area contributed by atoms with Gasteiger partial charge in [-0.05, 0) is 25.5 Å². The van der Waals surface area contributed by atoms with Crippen LogP contribution in [0.1, 0.15) is 11.1 Å². The molecule has 0 aliphatic heterocycles. The normalized spacial score (nSPS) is 10.6. The number of nitrogens with one attached hydrogen (secondary N) is 2. The number of imidazole rings is 1. The molecule has 0 aliphatic rings. The van der Waals surface area contributed by atoms with Crippen molar-refractivity contribution in [3.05, 3.63) is 46.9 Å². The molecule has 3 N–H and O–H groups in total. The van der Waals surface area contributed by atoms with Crippen molar-refractivity contribution in [3.63, 3.8) is 0 Å². The predicted octanol–water partition coefficient (Wildman–Crippen LogP) is 3.23. The Balaban J connectivity index is 1.64. The summed E-state index contributed by atoms with van der Waals surface area (Å²) in [6.45, 7) is 10.9. The molecule has 1 aromatic carbocycles. The van der Waals surface area contributed by atoms with Gasteiger partial charge in [0.1, 0.15) is 24.1 Å². The molecule has 9 heteroatoms. The Hall–Kier alpha value is -3.09. The fraction of sp³-hybridized carbons (Fsp3) is 0.263. The number of hydrogen-bond donors (Lipinski definition) is 3. The summed E-state index contributed by atoms with van der Waals surface area (Å²) in [6, 6.07) is 5.38. The number of H-pyrrole nitrogens is 1. The highest BCUT2D eigenvalue weighted by molar-refractivity contribution is 7.99. The van der Waals surface area contributed by atoms with Crippen LogP contribution in [0.3, 0.4) is 0 Å². The molecule has 3 aromatic rings. The average molecular weight is 397 g/mol. The van der Waals surface area contributed by atoms with E-state index < -0.39 is 0 Å². The smallest absolute Gasteiger partial charge is 0.274 e. The minimum absolute atomic E-state index is 0.0729. The van der Waals surface area contributed by atoms with Crippen molar-refractivity contribution < 1.29 is 14.6 Å². The van der Waals surface area contributed by atoms with Crippen molar-refractivity contribution in [2.24, 2.45) is 0 Å².